The van der Waals surface area contributed by atoms with Crippen molar-refractivity contribution in [1.82, 2.24) is 4.90 Å². The number of aliphatic carboxylic acids is 1. The Labute approximate surface area is 156 Å². The van der Waals surface area contributed by atoms with E-state index in [0.717, 1.165) is 5.56 Å². The molecular formula is C19H24F3NO4. The second kappa shape index (κ2) is 8.73. The number of esters is 1. The molecule has 150 valence electrons. The maximum atomic E-state index is 12.6. The van der Waals surface area contributed by atoms with Gasteiger partial charge in [-0.15, -0.1) is 0 Å². The van der Waals surface area contributed by atoms with Crippen LogP contribution in [-0.2, 0) is 26.2 Å². The van der Waals surface area contributed by atoms with E-state index >= 15 is 0 Å². The molecule has 0 radical (unpaired) electrons. The van der Waals surface area contributed by atoms with Gasteiger partial charge in [-0.1, -0.05) is 24.3 Å². The number of carboxylic acids is 1. The Kier molecular flexibility index (Phi) is 6.86. The van der Waals surface area contributed by atoms with E-state index in [2.05, 4.69) is 0 Å². The predicted octanol–water partition coefficient (Wildman–Crippen LogP) is 3.16. The zero-order valence-corrected chi connectivity index (χ0v) is 15.2. The summed E-state index contributed by atoms with van der Waals surface area (Å²) in [5.41, 5.74) is 0.170. The summed E-state index contributed by atoms with van der Waals surface area (Å²) >= 11 is 0. The molecule has 0 bridgehead atoms. The molecule has 27 heavy (non-hydrogen) atoms. The molecule has 1 aromatic rings. The third-order valence-electron chi connectivity index (χ3n) is 4.92. The van der Waals surface area contributed by atoms with E-state index in [0.29, 0.717) is 18.6 Å². The van der Waals surface area contributed by atoms with Gasteiger partial charge in [-0.05, 0) is 50.4 Å². The molecule has 8 heteroatoms. The van der Waals surface area contributed by atoms with Gasteiger partial charge in [-0.3, -0.25) is 14.5 Å². The lowest BCUT2D eigenvalue weighted by atomic mass is 9.72. The highest BCUT2D eigenvalue weighted by atomic mass is 19.4. The van der Waals surface area contributed by atoms with Crippen LogP contribution in [0.5, 0.6) is 0 Å². The molecule has 5 nitrogen and oxygen atoms in total. The van der Waals surface area contributed by atoms with Crippen molar-refractivity contribution in [3.05, 3.63) is 35.4 Å². The molecule has 0 aromatic heterocycles. The minimum absolute atomic E-state index is 0.0683. The Hall–Kier alpha value is -2.09. The summed E-state index contributed by atoms with van der Waals surface area (Å²) < 4.78 is 42.6. The topological polar surface area (TPSA) is 66.8 Å². The standard InChI is InChI=1S/C19H24F3NO4/c1-2-27-16(24)7-6-14-4-3-5-15(12-14)18(17(25)26)8-10-23(11-9-18)13-19(20,21)22/h3-5,12H,2,6-11,13H2,1H3,(H,25,26). The van der Waals surface area contributed by atoms with Gasteiger partial charge < -0.3 is 9.84 Å². The van der Waals surface area contributed by atoms with E-state index in [1.807, 2.05) is 0 Å². The van der Waals surface area contributed by atoms with Crippen LogP contribution in [0.15, 0.2) is 24.3 Å². The Morgan fingerprint density at radius 1 is 1.26 bits per heavy atom. The zero-order chi connectivity index (χ0) is 20.1. The van der Waals surface area contributed by atoms with E-state index in [1.165, 1.54) is 4.90 Å². The fourth-order valence-corrected chi connectivity index (χ4v) is 3.48. The first-order valence-electron chi connectivity index (χ1n) is 8.94. The van der Waals surface area contributed by atoms with Crippen molar-refractivity contribution in [3.8, 4) is 0 Å². The van der Waals surface area contributed by atoms with Gasteiger partial charge >= 0.3 is 18.1 Å². The molecule has 1 aliphatic rings. The maximum Gasteiger partial charge on any atom is 0.401 e. The van der Waals surface area contributed by atoms with Crippen molar-refractivity contribution < 1.29 is 32.6 Å². The number of nitrogens with zero attached hydrogens (tertiary/aromatic N) is 1. The second-order valence-corrected chi connectivity index (χ2v) is 6.78. The molecule has 1 N–H and O–H groups in total. The number of hydrogen-bond donors (Lipinski definition) is 1. The van der Waals surface area contributed by atoms with E-state index in [-0.39, 0.29) is 38.3 Å². The van der Waals surface area contributed by atoms with Gasteiger partial charge in [0, 0.05) is 6.42 Å². The minimum Gasteiger partial charge on any atom is -0.481 e. The summed E-state index contributed by atoms with van der Waals surface area (Å²) in [5.74, 6) is -1.35. The van der Waals surface area contributed by atoms with Crippen molar-refractivity contribution in [2.75, 3.05) is 26.2 Å². The summed E-state index contributed by atoms with van der Waals surface area (Å²) in [6.07, 6.45) is -3.46. The number of carbonyl (C=O) groups excluding carboxylic acids is 1. The SMILES string of the molecule is CCOC(=O)CCc1cccc(C2(C(=O)O)CCN(CC(F)(F)F)CC2)c1. The van der Waals surface area contributed by atoms with Gasteiger partial charge in [0.2, 0.25) is 0 Å². The van der Waals surface area contributed by atoms with Crippen molar-refractivity contribution >= 4 is 11.9 Å². The van der Waals surface area contributed by atoms with Crippen LogP contribution < -0.4 is 0 Å². The first kappa shape index (κ1) is 21.2. The number of aryl methyl sites for hydroxylation is 1. The summed E-state index contributed by atoms with van der Waals surface area (Å²) in [5, 5.41) is 9.83. The number of ether oxygens (including phenoxy) is 1. The molecule has 1 saturated heterocycles. The van der Waals surface area contributed by atoms with Gasteiger partial charge in [0.25, 0.3) is 0 Å². The van der Waals surface area contributed by atoms with Crippen molar-refractivity contribution in [3.63, 3.8) is 0 Å². The van der Waals surface area contributed by atoms with Gasteiger partial charge in [0.05, 0.1) is 18.6 Å². The summed E-state index contributed by atoms with van der Waals surface area (Å²) in [4.78, 5) is 24.8. The molecule has 0 atom stereocenters. The Morgan fingerprint density at radius 3 is 2.48 bits per heavy atom. The van der Waals surface area contributed by atoms with E-state index in [1.54, 1.807) is 31.2 Å². The van der Waals surface area contributed by atoms with Crippen LogP contribution in [0.2, 0.25) is 0 Å². The first-order valence-corrected chi connectivity index (χ1v) is 8.94. The smallest absolute Gasteiger partial charge is 0.401 e. The molecule has 0 unspecified atom stereocenters. The molecule has 0 aliphatic carbocycles. The fraction of sp³-hybridized carbons (Fsp3) is 0.579. The molecule has 2 rings (SSSR count). The quantitative estimate of drug-likeness (QED) is 0.728. The lowest BCUT2D eigenvalue weighted by Gasteiger charge is -2.39. The number of hydrogen-bond acceptors (Lipinski definition) is 4. The molecule has 1 fully saturated rings. The van der Waals surface area contributed by atoms with Crippen LogP contribution in [0, 0.1) is 0 Å². The van der Waals surface area contributed by atoms with Crippen LogP contribution in [0.1, 0.15) is 37.3 Å². The molecule has 0 saturated carbocycles. The zero-order valence-electron chi connectivity index (χ0n) is 15.2. The average Bonchev–Trinajstić information content (AvgIpc) is 2.60. The van der Waals surface area contributed by atoms with Crippen LogP contribution in [-0.4, -0.2) is 54.4 Å². The van der Waals surface area contributed by atoms with Crippen molar-refractivity contribution in [1.29, 1.82) is 0 Å². The van der Waals surface area contributed by atoms with E-state index in [4.69, 9.17) is 4.74 Å². The predicted molar refractivity (Wildman–Crippen MR) is 92.4 cm³/mol. The lowest BCUT2D eigenvalue weighted by Crippen LogP contribution is -2.49. The van der Waals surface area contributed by atoms with Crippen LogP contribution >= 0.6 is 0 Å². The first-order chi connectivity index (χ1) is 12.7. The Bertz CT molecular complexity index is 667. The number of piperidine rings is 1. The summed E-state index contributed by atoms with van der Waals surface area (Å²) in [6, 6.07) is 6.97. The monoisotopic (exact) mass is 387 g/mol. The minimum atomic E-state index is -4.30. The summed E-state index contributed by atoms with van der Waals surface area (Å²) in [7, 11) is 0. The fourth-order valence-electron chi connectivity index (χ4n) is 3.48. The molecular weight excluding hydrogens is 363 g/mol. The Balaban J connectivity index is 2.12. The average molecular weight is 387 g/mol. The Morgan fingerprint density at radius 2 is 1.93 bits per heavy atom. The highest BCUT2D eigenvalue weighted by Gasteiger charge is 2.44. The maximum absolute atomic E-state index is 12.6. The van der Waals surface area contributed by atoms with Crippen LogP contribution in [0.3, 0.4) is 0 Å². The summed E-state index contributed by atoms with van der Waals surface area (Å²) in [6.45, 7) is 1.13. The molecule has 1 aromatic carbocycles. The number of halogens is 3. The number of alkyl halides is 3. The molecule has 0 spiro atoms. The number of carbonyl (C=O) groups is 2. The third-order valence-corrected chi connectivity index (χ3v) is 4.92. The van der Waals surface area contributed by atoms with Crippen molar-refractivity contribution in [2.45, 2.75) is 44.2 Å². The lowest BCUT2D eigenvalue weighted by molar-refractivity contribution is -0.155. The molecule has 0 amide bonds. The van der Waals surface area contributed by atoms with Gasteiger partial charge in [0.15, 0.2) is 0 Å². The number of carboxylic acid groups (broad SMARTS) is 1. The second-order valence-electron chi connectivity index (χ2n) is 6.78. The van der Waals surface area contributed by atoms with Gasteiger partial charge in [-0.25, -0.2) is 0 Å². The van der Waals surface area contributed by atoms with Gasteiger partial charge in [0.1, 0.15) is 0 Å². The van der Waals surface area contributed by atoms with Gasteiger partial charge in [-0.2, -0.15) is 13.2 Å². The number of likely N-dealkylation sites (tertiary alicyclic amines) is 1. The molecule has 1 heterocycles. The number of rotatable bonds is 7. The number of benzene rings is 1. The van der Waals surface area contributed by atoms with Crippen molar-refractivity contribution in [2.24, 2.45) is 0 Å². The largest absolute Gasteiger partial charge is 0.481 e. The van der Waals surface area contributed by atoms with E-state index < -0.39 is 24.1 Å². The van der Waals surface area contributed by atoms with Crippen LogP contribution in [0.25, 0.3) is 0 Å². The normalized spacial score (nSPS) is 17.5. The van der Waals surface area contributed by atoms with E-state index in [9.17, 15) is 27.9 Å². The third kappa shape index (κ3) is 5.69. The highest BCUT2D eigenvalue weighted by Crippen LogP contribution is 2.37. The van der Waals surface area contributed by atoms with Crippen LogP contribution in [0.4, 0.5) is 13.2 Å². The highest BCUT2D eigenvalue weighted by molar-refractivity contribution is 5.81. The molecule has 1 aliphatic heterocycles.